The third-order valence-corrected chi connectivity index (χ3v) is 6.43. The van der Waals surface area contributed by atoms with E-state index in [2.05, 4.69) is 33.4 Å². The van der Waals surface area contributed by atoms with Crippen LogP contribution in [0, 0.1) is 11.8 Å². The van der Waals surface area contributed by atoms with Crippen LogP contribution in [0.3, 0.4) is 0 Å². The largest absolute Gasteiger partial charge is 0.461 e. The molecule has 0 spiro atoms. The van der Waals surface area contributed by atoms with Gasteiger partial charge in [0, 0.05) is 5.92 Å². The quantitative estimate of drug-likeness (QED) is 0.441. The first-order valence-electron chi connectivity index (χ1n) is 9.19. The van der Waals surface area contributed by atoms with E-state index in [0.29, 0.717) is 12.7 Å². The van der Waals surface area contributed by atoms with Crippen LogP contribution >= 0.6 is 0 Å². The highest BCUT2D eigenvalue weighted by Gasteiger charge is 2.53. The maximum Gasteiger partial charge on any atom is 0.313 e. The van der Waals surface area contributed by atoms with Crippen molar-refractivity contribution in [3.8, 4) is 0 Å². The van der Waals surface area contributed by atoms with E-state index in [4.69, 9.17) is 14.2 Å². The molecule has 4 rings (SSSR count). The highest BCUT2D eigenvalue weighted by Crippen LogP contribution is 2.49. The van der Waals surface area contributed by atoms with Crippen LogP contribution in [0.4, 0.5) is 0 Å². The summed E-state index contributed by atoms with van der Waals surface area (Å²) in [5.74, 6) is -0.0635. The Morgan fingerprint density at radius 1 is 1.25 bits per heavy atom. The van der Waals surface area contributed by atoms with Gasteiger partial charge in [-0.2, -0.15) is 0 Å². The Morgan fingerprint density at radius 2 is 2.00 bits per heavy atom. The minimum atomic E-state index is -0.181. The molecule has 1 saturated carbocycles. The lowest BCUT2D eigenvalue weighted by Gasteiger charge is -2.34. The number of hydrogen-bond acceptors (Lipinski definition) is 4. The van der Waals surface area contributed by atoms with Crippen molar-refractivity contribution in [3.63, 3.8) is 0 Å². The molecule has 1 unspecified atom stereocenters. The standard InChI is InChI=1S/C20H28O4/c1-12-5-7-16-20(4,24-16)10-9-14-13(11-22-18(21)17(12)14)6-8-15-19(2,3)23-15/h6,14-17H,1,5,7-11H2,2-4H3/b13-6-/t14-,15?,16+,17+,20+/m1/s1. The van der Waals surface area contributed by atoms with E-state index in [1.165, 1.54) is 5.57 Å². The molecular weight excluding hydrogens is 304 g/mol. The van der Waals surface area contributed by atoms with Crippen molar-refractivity contribution in [2.45, 2.75) is 76.3 Å². The molecule has 4 nitrogen and oxygen atoms in total. The highest BCUT2D eigenvalue weighted by atomic mass is 16.6. The van der Waals surface area contributed by atoms with Gasteiger partial charge in [-0.15, -0.1) is 0 Å². The fourth-order valence-corrected chi connectivity index (χ4v) is 4.46. The van der Waals surface area contributed by atoms with Gasteiger partial charge in [0.2, 0.25) is 0 Å². The van der Waals surface area contributed by atoms with Crippen molar-refractivity contribution in [3.05, 3.63) is 23.8 Å². The van der Waals surface area contributed by atoms with Gasteiger partial charge in [0.25, 0.3) is 0 Å². The molecule has 24 heavy (non-hydrogen) atoms. The van der Waals surface area contributed by atoms with E-state index >= 15 is 0 Å². The first-order chi connectivity index (χ1) is 11.3. The molecule has 3 aliphatic heterocycles. The first kappa shape index (κ1) is 16.3. The summed E-state index contributed by atoms with van der Waals surface area (Å²) in [6.07, 6.45) is 7.55. The molecule has 132 valence electrons. The van der Waals surface area contributed by atoms with E-state index in [1.54, 1.807) is 0 Å². The lowest BCUT2D eigenvalue weighted by Crippen LogP contribution is -2.36. The maximum atomic E-state index is 12.4. The number of carbonyl (C=O) groups is 1. The summed E-state index contributed by atoms with van der Waals surface area (Å²) in [4.78, 5) is 12.4. The summed E-state index contributed by atoms with van der Waals surface area (Å²) in [5, 5.41) is 0. The van der Waals surface area contributed by atoms with Gasteiger partial charge in [-0.3, -0.25) is 4.79 Å². The zero-order valence-electron chi connectivity index (χ0n) is 15.0. The van der Waals surface area contributed by atoms with Crippen LogP contribution in [0.5, 0.6) is 0 Å². The van der Waals surface area contributed by atoms with Crippen molar-refractivity contribution in [1.82, 2.24) is 0 Å². The molecule has 0 amide bonds. The molecule has 0 bridgehead atoms. The smallest absolute Gasteiger partial charge is 0.313 e. The number of esters is 1. The summed E-state index contributed by atoms with van der Waals surface area (Å²) >= 11 is 0. The van der Waals surface area contributed by atoms with Gasteiger partial charge >= 0.3 is 5.97 Å². The summed E-state index contributed by atoms with van der Waals surface area (Å²) in [7, 11) is 0. The van der Waals surface area contributed by atoms with Gasteiger partial charge in [-0.1, -0.05) is 18.2 Å². The SMILES string of the molecule is C=C1CC[C@@H]2O[C@@]2(C)CC[C@@H]2/C(=C\CC3OC3(C)C)COC(=O)[C@@H]12. The van der Waals surface area contributed by atoms with E-state index in [-0.39, 0.29) is 35.1 Å². The fourth-order valence-electron chi connectivity index (χ4n) is 4.46. The molecular formula is C20H28O4. The van der Waals surface area contributed by atoms with E-state index in [0.717, 1.165) is 37.7 Å². The molecule has 4 heteroatoms. The zero-order valence-corrected chi connectivity index (χ0v) is 15.0. The average molecular weight is 332 g/mol. The van der Waals surface area contributed by atoms with Gasteiger partial charge in [0.05, 0.1) is 29.3 Å². The van der Waals surface area contributed by atoms with E-state index < -0.39 is 0 Å². The number of carbonyl (C=O) groups excluding carboxylic acids is 1. The third kappa shape index (κ3) is 2.84. The number of ether oxygens (including phenoxy) is 3. The van der Waals surface area contributed by atoms with Gasteiger partial charge in [-0.05, 0) is 58.4 Å². The minimum absolute atomic E-state index is 0.00320. The third-order valence-electron chi connectivity index (χ3n) is 6.43. The van der Waals surface area contributed by atoms with Gasteiger partial charge < -0.3 is 14.2 Å². The number of hydrogen-bond donors (Lipinski definition) is 0. The van der Waals surface area contributed by atoms with Crippen molar-refractivity contribution in [2.75, 3.05) is 6.61 Å². The predicted octanol–water partition coefficient (Wildman–Crippen LogP) is 3.56. The average Bonchev–Trinajstić information content (AvgIpc) is 3.36. The number of epoxide rings is 2. The molecule has 3 heterocycles. The van der Waals surface area contributed by atoms with Crippen molar-refractivity contribution >= 4 is 5.97 Å². The second-order valence-corrected chi connectivity index (χ2v) is 8.57. The van der Waals surface area contributed by atoms with Crippen LogP contribution in [0.1, 0.15) is 52.9 Å². The molecule has 3 saturated heterocycles. The Bertz CT molecular complexity index is 605. The maximum absolute atomic E-state index is 12.4. The molecule has 0 N–H and O–H groups in total. The molecule has 0 aromatic rings. The topological polar surface area (TPSA) is 51.4 Å². The van der Waals surface area contributed by atoms with Crippen LogP contribution in [-0.2, 0) is 19.0 Å². The Labute approximate surface area is 144 Å². The van der Waals surface area contributed by atoms with Gasteiger partial charge in [-0.25, -0.2) is 0 Å². The Hall–Kier alpha value is -1.13. The Morgan fingerprint density at radius 3 is 2.71 bits per heavy atom. The van der Waals surface area contributed by atoms with Crippen LogP contribution in [0.2, 0.25) is 0 Å². The lowest BCUT2D eigenvalue weighted by molar-refractivity contribution is -0.151. The Balaban J connectivity index is 1.55. The molecule has 0 radical (unpaired) electrons. The normalized spacial score (nSPS) is 45.4. The van der Waals surface area contributed by atoms with E-state index in [9.17, 15) is 4.79 Å². The first-order valence-corrected chi connectivity index (χ1v) is 9.19. The zero-order chi connectivity index (χ0) is 17.1. The van der Waals surface area contributed by atoms with Crippen LogP contribution in [0.25, 0.3) is 0 Å². The second kappa shape index (κ2) is 5.43. The fraction of sp³-hybridized carbons (Fsp3) is 0.750. The molecule has 4 aliphatic rings. The lowest BCUT2D eigenvalue weighted by atomic mass is 9.76. The molecule has 1 aliphatic carbocycles. The van der Waals surface area contributed by atoms with Crippen molar-refractivity contribution in [2.24, 2.45) is 11.8 Å². The summed E-state index contributed by atoms with van der Waals surface area (Å²) < 4.78 is 17.1. The van der Waals surface area contributed by atoms with Gasteiger partial charge in [0.15, 0.2) is 0 Å². The molecule has 0 aromatic heterocycles. The molecule has 5 atom stereocenters. The second-order valence-electron chi connectivity index (χ2n) is 8.57. The monoisotopic (exact) mass is 332 g/mol. The Kier molecular flexibility index (Phi) is 3.70. The summed E-state index contributed by atoms with van der Waals surface area (Å²) in [6.45, 7) is 11.1. The molecule has 4 fully saturated rings. The predicted molar refractivity (Wildman–Crippen MR) is 90.5 cm³/mol. The number of rotatable bonds is 2. The minimum Gasteiger partial charge on any atom is -0.461 e. The van der Waals surface area contributed by atoms with Crippen molar-refractivity contribution < 1.29 is 19.0 Å². The highest BCUT2D eigenvalue weighted by molar-refractivity contribution is 5.78. The van der Waals surface area contributed by atoms with Gasteiger partial charge in [0.1, 0.15) is 6.61 Å². The van der Waals surface area contributed by atoms with E-state index in [1.807, 2.05) is 0 Å². The number of cyclic esters (lactones) is 1. The summed E-state index contributed by atoms with van der Waals surface area (Å²) in [6, 6.07) is 0. The summed E-state index contributed by atoms with van der Waals surface area (Å²) in [5.41, 5.74) is 2.25. The number of fused-ring (bicyclic) bond motifs is 2. The molecule has 0 aromatic carbocycles. The van der Waals surface area contributed by atoms with Crippen LogP contribution in [-0.4, -0.2) is 36.0 Å². The van der Waals surface area contributed by atoms with Crippen LogP contribution < -0.4 is 0 Å². The van der Waals surface area contributed by atoms with Crippen molar-refractivity contribution in [1.29, 1.82) is 0 Å². The van der Waals surface area contributed by atoms with Crippen LogP contribution in [0.15, 0.2) is 23.8 Å².